The van der Waals surface area contributed by atoms with Gasteiger partial charge in [0.25, 0.3) is 0 Å². The number of nitrogens with zero attached hydrogens (tertiary/aromatic N) is 4. The molecule has 0 aliphatic heterocycles. The Morgan fingerprint density at radius 2 is 2.08 bits per heavy atom. The number of hydrogen-bond donors (Lipinski definition) is 0. The highest BCUT2D eigenvalue weighted by molar-refractivity contribution is 5.21. The second-order valence-electron chi connectivity index (χ2n) is 9.37. The zero-order chi connectivity index (χ0) is 18.3. The van der Waals surface area contributed by atoms with Crippen molar-refractivity contribution in [2.75, 3.05) is 0 Å². The molecule has 4 rings (SSSR count). The van der Waals surface area contributed by atoms with E-state index in [0.29, 0.717) is 23.4 Å². The average molecular weight is 351 g/mol. The zero-order valence-corrected chi connectivity index (χ0v) is 16.1. The molecule has 0 aromatic carbocycles. The lowest BCUT2D eigenvalue weighted by Gasteiger charge is -2.53. The molecule has 1 unspecified atom stereocenters. The Morgan fingerprint density at radius 1 is 1.23 bits per heavy atom. The second-order valence-corrected chi connectivity index (χ2v) is 9.37. The zero-order valence-electron chi connectivity index (χ0n) is 16.1. The minimum absolute atomic E-state index is 0.00555. The van der Waals surface area contributed by atoms with Crippen LogP contribution in [0.5, 0.6) is 0 Å². The normalized spacial score (nSPS) is 40.1. The first-order valence-corrected chi connectivity index (χ1v) is 10.4. The molecule has 1 aromatic rings. The molecule has 3 aliphatic carbocycles. The number of hydrogen-bond acceptors (Lipinski definition) is 3. The summed E-state index contributed by atoms with van der Waals surface area (Å²) in [7, 11) is 0. The lowest BCUT2D eigenvalue weighted by atomic mass is 9.52. The van der Waals surface area contributed by atoms with E-state index in [4.69, 9.17) is 5.26 Å². The molecule has 1 heterocycles. The van der Waals surface area contributed by atoms with E-state index >= 15 is 0 Å². The third-order valence-electron chi connectivity index (χ3n) is 8.29. The van der Waals surface area contributed by atoms with Gasteiger partial charge < -0.3 is 0 Å². The fourth-order valence-electron chi connectivity index (χ4n) is 7.01. The Balaban J connectivity index is 1.54. The van der Waals surface area contributed by atoms with E-state index in [-0.39, 0.29) is 5.92 Å². The summed E-state index contributed by atoms with van der Waals surface area (Å²) in [5, 5.41) is 23.2. The van der Waals surface area contributed by atoms with Crippen LogP contribution in [0.3, 0.4) is 0 Å². The molecule has 138 valence electrons. The second kappa shape index (κ2) is 6.73. The van der Waals surface area contributed by atoms with Crippen molar-refractivity contribution in [3.05, 3.63) is 18.0 Å². The molecule has 0 N–H and O–H groups in total. The fraction of sp³-hybridized carbons (Fsp3) is 0.773. The molecule has 7 atom stereocenters. The molecule has 4 nitrogen and oxygen atoms in total. The lowest BCUT2D eigenvalue weighted by molar-refractivity contribution is -0.0369. The standard InChI is InChI=1S/C22H30N4/c1-15-4-3-5-19-18(15)8-9-22(2)20(6-7-21(19)22)17(11-24)14-26-13-16(10-23)12-25-26/h12-13,15,17-21H,3-9,14H2,1-2H3/t15-,17?,18-,19-,20-,21+,22-/m1/s1. The van der Waals surface area contributed by atoms with Gasteiger partial charge in [0.2, 0.25) is 0 Å². The number of nitriles is 2. The van der Waals surface area contributed by atoms with Gasteiger partial charge in [-0.05, 0) is 67.1 Å². The van der Waals surface area contributed by atoms with Crippen LogP contribution in [0.1, 0.15) is 64.4 Å². The first-order chi connectivity index (χ1) is 12.6. The van der Waals surface area contributed by atoms with Crippen LogP contribution in [0.15, 0.2) is 12.4 Å². The molecule has 0 saturated heterocycles. The summed E-state index contributed by atoms with van der Waals surface area (Å²) in [6, 6.07) is 4.74. The number of aromatic nitrogens is 2. The summed E-state index contributed by atoms with van der Waals surface area (Å²) in [4.78, 5) is 0. The highest BCUT2D eigenvalue weighted by atomic mass is 15.3. The van der Waals surface area contributed by atoms with E-state index in [0.717, 1.165) is 23.7 Å². The van der Waals surface area contributed by atoms with Gasteiger partial charge >= 0.3 is 0 Å². The van der Waals surface area contributed by atoms with Crippen LogP contribution in [0, 0.1) is 63.6 Å². The summed E-state index contributed by atoms with van der Waals surface area (Å²) in [5.74, 6) is 3.95. The fourth-order valence-corrected chi connectivity index (χ4v) is 7.01. The van der Waals surface area contributed by atoms with Gasteiger partial charge in [0.15, 0.2) is 0 Å². The third kappa shape index (κ3) is 2.75. The van der Waals surface area contributed by atoms with Gasteiger partial charge in [-0.25, -0.2) is 0 Å². The first kappa shape index (κ1) is 17.6. The Labute approximate surface area is 157 Å². The summed E-state index contributed by atoms with van der Waals surface area (Å²) < 4.78 is 1.80. The topological polar surface area (TPSA) is 65.4 Å². The monoisotopic (exact) mass is 350 g/mol. The summed E-state index contributed by atoms with van der Waals surface area (Å²) in [6.45, 7) is 5.57. The molecule has 0 amide bonds. The Kier molecular flexibility index (Phi) is 4.55. The minimum atomic E-state index is -0.00555. The lowest BCUT2D eigenvalue weighted by Crippen LogP contribution is -2.46. The van der Waals surface area contributed by atoms with Gasteiger partial charge in [-0.3, -0.25) is 4.68 Å². The van der Waals surface area contributed by atoms with E-state index in [1.54, 1.807) is 17.1 Å². The van der Waals surface area contributed by atoms with Crippen molar-refractivity contribution < 1.29 is 0 Å². The number of fused-ring (bicyclic) bond motifs is 3. The average Bonchev–Trinajstić information content (AvgIpc) is 3.24. The largest absolute Gasteiger partial charge is 0.270 e. The summed E-state index contributed by atoms with van der Waals surface area (Å²) >= 11 is 0. The summed E-state index contributed by atoms with van der Waals surface area (Å²) in [5.41, 5.74) is 0.887. The van der Waals surface area contributed by atoms with E-state index in [9.17, 15) is 5.26 Å². The van der Waals surface area contributed by atoms with Crippen molar-refractivity contribution in [1.82, 2.24) is 9.78 Å². The molecule has 26 heavy (non-hydrogen) atoms. The van der Waals surface area contributed by atoms with Crippen LogP contribution < -0.4 is 0 Å². The Morgan fingerprint density at radius 3 is 2.81 bits per heavy atom. The third-order valence-corrected chi connectivity index (χ3v) is 8.29. The molecule has 4 heteroatoms. The first-order valence-electron chi connectivity index (χ1n) is 10.4. The van der Waals surface area contributed by atoms with Crippen LogP contribution in [0.2, 0.25) is 0 Å². The van der Waals surface area contributed by atoms with Crippen molar-refractivity contribution in [3.63, 3.8) is 0 Å². The molecule has 3 saturated carbocycles. The SMILES string of the molecule is C[C@@H]1CCC[C@@H]2[C@@H]1CC[C@]1(C)[C@@H](C(C#N)Cn3cc(C#N)cn3)CC[C@@H]21. The predicted octanol–water partition coefficient (Wildman–Crippen LogP) is 4.77. The minimum Gasteiger partial charge on any atom is -0.270 e. The van der Waals surface area contributed by atoms with Crippen LogP contribution in [-0.4, -0.2) is 9.78 Å². The van der Waals surface area contributed by atoms with E-state index in [1.807, 2.05) is 0 Å². The smallest absolute Gasteiger partial charge is 0.102 e. The van der Waals surface area contributed by atoms with Crippen LogP contribution >= 0.6 is 0 Å². The number of rotatable bonds is 3. The quantitative estimate of drug-likeness (QED) is 0.788. The van der Waals surface area contributed by atoms with Crippen molar-refractivity contribution in [1.29, 1.82) is 10.5 Å². The van der Waals surface area contributed by atoms with Crippen molar-refractivity contribution in [2.24, 2.45) is 40.9 Å². The Hall–Kier alpha value is -1.81. The van der Waals surface area contributed by atoms with Gasteiger partial charge in [-0.2, -0.15) is 15.6 Å². The highest BCUT2D eigenvalue weighted by Gasteiger charge is 2.56. The molecule has 0 bridgehead atoms. The molecular formula is C22H30N4. The maximum atomic E-state index is 9.93. The maximum Gasteiger partial charge on any atom is 0.102 e. The van der Waals surface area contributed by atoms with Crippen molar-refractivity contribution in [2.45, 2.75) is 65.3 Å². The van der Waals surface area contributed by atoms with Gasteiger partial charge in [-0.1, -0.05) is 26.7 Å². The van der Waals surface area contributed by atoms with Crippen LogP contribution in [0.25, 0.3) is 0 Å². The summed E-state index contributed by atoms with van der Waals surface area (Å²) in [6.07, 6.45) is 12.7. The van der Waals surface area contributed by atoms with E-state index in [1.165, 1.54) is 44.9 Å². The molecule has 3 aliphatic rings. The van der Waals surface area contributed by atoms with Crippen LogP contribution in [-0.2, 0) is 6.54 Å². The van der Waals surface area contributed by atoms with Gasteiger partial charge in [0.05, 0.1) is 30.3 Å². The molecular weight excluding hydrogens is 320 g/mol. The van der Waals surface area contributed by atoms with Crippen LogP contribution in [0.4, 0.5) is 0 Å². The van der Waals surface area contributed by atoms with Gasteiger partial charge in [-0.15, -0.1) is 0 Å². The van der Waals surface area contributed by atoms with E-state index < -0.39 is 0 Å². The molecule has 0 radical (unpaired) electrons. The molecule has 0 spiro atoms. The Bertz CT molecular complexity index is 738. The van der Waals surface area contributed by atoms with Gasteiger partial charge in [0, 0.05) is 6.20 Å². The van der Waals surface area contributed by atoms with Crippen molar-refractivity contribution in [3.8, 4) is 12.1 Å². The van der Waals surface area contributed by atoms with Crippen molar-refractivity contribution >= 4 is 0 Å². The highest BCUT2D eigenvalue weighted by Crippen LogP contribution is 2.63. The predicted molar refractivity (Wildman–Crippen MR) is 99.6 cm³/mol. The molecule has 3 fully saturated rings. The van der Waals surface area contributed by atoms with E-state index in [2.05, 4.69) is 31.1 Å². The van der Waals surface area contributed by atoms with Gasteiger partial charge in [0.1, 0.15) is 6.07 Å². The molecule has 1 aromatic heterocycles. The maximum absolute atomic E-state index is 9.93.